The summed E-state index contributed by atoms with van der Waals surface area (Å²) in [4.78, 5) is 21.9. The standard InChI is InChI=1S/C23H36N6O/c1-16-10-9-11-19(24-16)27-12-13-28(17(2)15-27)21(30)25-20-14-18(22(3,4)5)26-29(20)23(6,7)8/h9-11,14,17H,12-13,15H2,1-8H3,(H,25,30). The molecule has 3 rings (SSSR count). The minimum absolute atomic E-state index is 0.0779. The molecule has 0 saturated carbocycles. The van der Waals surface area contributed by atoms with Crippen LogP contribution in [0.5, 0.6) is 0 Å². The maximum Gasteiger partial charge on any atom is 0.323 e. The zero-order chi connectivity index (χ0) is 22.3. The fourth-order valence-corrected chi connectivity index (χ4v) is 3.70. The van der Waals surface area contributed by atoms with Gasteiger partial charge in [0.25, 0.3) is 0 Å². The number of nitrogens with one attached hydrogen (secondary N) is 1. The summed E-state index contributed by atoms with van der Waals surface area (Å²) in [6.45, 7) is 18.9. The van der Waals surface area contributed by atoms with Gasteiger partial charge < -0.3 is 9.80 Å². The van der Waals surface area contributed by atoms with Crippen LogP contribution >= 0.6 is 0 Å². The first-order chi connectivity index (χ1) is 13.9. The molecule has 7 nitrogen and oxygen atoms in total. The molecule has 0 bridgehead atoms. The lowest BCUT2D eigenvalue weighted by Crippen LogP contribution is -2.55. The second kappa shape index (κ2) is 7.93. The molecule has 3 heterocycles. The van der Waals surface area contributed by atoms with Crippen molar-refractivity contribution >= 4 is 17.7 Å². The number of hydrogen-bond acceptors (Lipinski definition) is 4. The molecule has 0 radical (unpaired) electrons. The smallest absolute Gasteiger partial charge is 0.323 e. The molecule has 2 aromatic rings. The van der Waals surface area contributed by atoms with Gasteiger partial charge in [-0.25, -0.2) is 14.5 Å². The minimum Gasteiger partial charge on any atom is -0.353 e. The van der Waals surface area contributed by atoms with Gasteiger partial charge in [-0.1, -0.05) is 26.8 Å². The fourth-order valence-electron chi connectivity index (χ4n) is 3.70. The van der Waals surface area contributed by atoms with Gasteiger partial charge in [-0.05, 0) is 46.8 Å². The largest absolute Gasteiger partial charge is 0.353 e. The van der Waals surface area contributed by atoms with E-state index in [1.807, 2.05) is 40.8 Å². The molecule has 1 unspecified atom stereocenters. The van der Waals surface area contributed by atoms with Crippen LogP contribution in [0.1, 0.15) is 59.9 Å². The summed E-state index contributed by atoms with van der Waals surface area (Å²) in [5.41, 5.74) is 1.66. The number of hydrogen-bond donors (Lipinski definition) is 1. The Morgan fingerprint density at radius 3 is 2.40 bits per heavy atom. The molecular formula is C23H36N6O. The molecule has 1 atom stereocenters. The molecule has 2 amide bonds. The van der Waals surface area contributed by atoms with Gasteiger partial charge in [0.15, 0.2) is 0 Å². The lowest BCUT2D eigenvalue weighted by molar-refractivity contribution is 0.184. The van der Waals surface area contributed by atoms with E-state index in [1.54, 1.807) is 0 Å². The molecule has 1 aliphatic heterocycles. The Balaban J connectivity index is 1.75. The SMILES string of the molecule is Cc1cccc(N2CCN(C(=O)Nc3cc(C(C)(C)C)nn3C(C)(C)C)C(C)C2)n1. The summed E-state index contributed by atoms with van der Waals surface area (Å²) >= 11 is 0. The number of pyridine rings is 1. The molecule has 30 heavy (non-hydrogen) atoms. The summed E-state index contributed by atoms with van der Waals surface area (Å²) < 4.78 is 1.92. The molecule has 2 aromatic heterocycles. The van der Waals surface area contributed by atoms with Crippen LogP contribution in [0.2, 0.25) is 0 Å². The van der Waals surface area contributed by atoms with Gasteiger partial charge in [-0.2, -0.15) is 5.10 Å². The van der Waals surface area contributed by atoms with Crippen LogP contribution in [-0.4, -0.2) is 51.4 Å². The predicted octanol–water partition coefficient (Wildman–Crippen LogP) is 4.38. The normalized spacial score (nSPS) is 17.9. The van der Waals surface area contributed by atoms with Crippen LogP contribution in [0.3, 0.4) is 0 Å². The van der Waals surface area contributed by atoms with Crippen molar-refractivity contribution in [3.8, 4) is 0 Å². The van der Waals surface area contributed by atoms with E-state index in [4.69, 9.17) is 5.10 Å². The van der Waals surface area contributed by atoms with E-state index >= 15 is 0 Å². The molecule has 7 heteroatoms. The Hall–Kier alpha value is -2.57. The maximum atomic E-state index is 13.2. The lowest BCUT2D eigenvalue weighted by atomic mass is 9.92. The Labute approximate surface area is 180 Å². The summed E-state index contributed by atoms with van der Waals surface area (Å²) in [6.07, 6.45) is 0. The maximum absolute atomic E-state index is 13.2. The van der Waals surface area contributed by atoms with Gasteiger partial charge in [-0.15, -0.1) is 0 Å². The highest BCUT2D eigenvalue weighted by atomic mass is 16.2. The molecule has 0 aliphatic carbocycles. The third kappa shape index (κ3) is 4.77. The van der Waals surface area contributed by atoms with Gasteiger partial charge in [-0.3, -0.25) is 5.32 Å². The van der Waals surface area contributed by atoms with Crippen LogP contribution in [0.25, 0.3) is 0 Å². The van der Waals surface area contributed by atoms with Crippen LogP contribution in [0, 0.1) is 6.92 Å². The number of carbonyl (C=O) groups excluding carboxylic acids is 1. The van der Waals surface area contributed by atoms with Gasteiger partial charge >= 0.3 is 6.03 Å². The van der Waals surface area contributed by atoms with Crippen LogP contribution in [0.4, 0.5) is 16.4 Å². The average molecular weight is 413 g/mol. The predicted molar refractivity (Wildman–Crippen MR) is 122 cm³/mol. The highest BCUT2D eigenvalue weighted by molar-refractivity contribution is 5.89. The fraction of sp³-hybridized carbons (Fsp3) is 0.609. The van der Waals surface area contributed by atoms with Gasteiger partial charge in [0.05, 0.1) is 11.2 Å². The highest BCUT2D eigenvalue weighted by Crippen LogP contribution is 2.28. The van der Waals surface area contributed by atoms with Crippen molar-refractivity contribution in [3.63, 3.8) is 0 Å². The number of aryl methyl sites for hydroxylation is 1. The molecular weight excluding hydrogens is 376 g/mol. The summed E-state index contributed by atoms with van der Waals surface area (Å²) in [5.74, 6) is 1.72. The topological polar surface area (TPSA) is 66.3 Å². The van der Waals surface area contributed by atoms with E-state index in [0.29, 0.717) is 6.54 Å². The van der Waals surface area contributed by atoms with E-state index in [0.717, 1.165) is 36.1 Å². The number of amides is 2. The van der Waals surface area contributed by atoms with E-state index in [-0.39, 0.29) is 23.0 Å². The second-order valence-corrected chi connectivity index (χ2v) is 10.3. The van der Waals surface area contributed by atoms with Crippen molar-refractivity contribution in [3.05, 3.63) is 35.7 Å². The zero-order valence-corrected chi connectivity index (χ0v) is 19.7. The Kier molecular flexibility index (Phi) is 5.85. The molecule has 164 valence electrons. The highest BCUT2D eigenvalue weighted by Gasteiger charge is 2.31. The lowest BCUT2D eigenvalue weighted by Gasteiger charge is -2.40. The Bertz CT molecular complexity index is 905. The molecule has 1 fully saturated rings. The summed E-state index contributed by atoms with van der Waals surface area (Å²) in [5, 5.41) is 7.92. The number of carbonyl (C=O) groups is 1. The van der Waals surface area contributed by atoms with E-state index in [9.17, 15) is 4.79 Å². The van der Waals surface area contributed by atoms with Gasteiger partial charge in [0.1, 0.15) is 11.6 Å². The van der Waals surface area contributed by atoms with E-state index in [1.165, 1.54) is 0 Å². The first kappa shape index (κ1) is 22.1. The van der Waals surface area contributed by atoms with Gasteiger partial charge in [0, 0.05) is 42.9 Å². The van der Waals surface area contributed by atoms with Crippen LogP contribution < -0.4 is 10.2 Å². The molecule has 0 spiro atoms. The van der Waals surface area contributed by atoms with Gasteiger partial charge in [0.2, 0.25) is 0 Å². The van der Waals surface area contributed by atoms with Crippen molar-refractivity contribution in [1.82, 2.24) is 19.7 Å². The first-order valence-electron chi connectivity index (χ1n) is 10.7. The third-order valence-corrected chi connectivity index (χ3v) is 5.43. The van der Waals surface area contributed by atoms with E-state index in [2.05, 4.69) is 63.7 Å². The quantitative estimate of drug-likeness (QED) is 0.795. The Morgan fingerprint density at radius 1 is 1.13 bits per heavy atom. The number of urea groups is 1. The van der Waals surface area contributed by atoms with Crippen molar-refractivity contribution in [2.24, 2.45) is 0 Å². The Morgan fingerprint density at radius 2 is 1.83 bits per heavy atom. The third-order valence-electron chi connectivity index (χ3n) is 5.43. The molecule has 1 aliphatic rings. The molecule has 1 saturated heterocycles. The number of aromatic nitrogens is 3. The van der Waals surface area contributed by atoms with Crippen LogP contribution in [-0.2, 0) is 11.0 Å². The second-order valence-electron chi connectivity index (χ2n) is 10.3. The summed E-state index contributed by atoms with van der Waals surface area (Å²) in [7, 11) is 0. The zero-order valence-electron chi connectivity index (χ0n) is 19.7. The summed E-state index contributed by atoms with van der Waals surface area (Å²) in [6, 6.07) is 8.06. The van der Waals surface area contributed by atoms with Crippen molar-refractivity contribution in [2.45, 2.75) is 72.4 Å². The van der Waals surface area contributed by atoms with E-state index < -0.39 is 0 Å². The first-order valence-corrected chi connectivity index (χ1v) is 10.7. The van der Waals surface area contributed by atoms with Crippen molar-refractivity contribution in [1.29, 1.82) is 0 Å². The van der Waals surface area contributed by atoms with Crippen LogP contribution in [0.15, 0.2) is 24.3 Å². The number of anilines is 2. The number of nitrogens with zero attached hydrogens (tertiary/aromatic N) is 5. The van der Waals surface area contributed by atoms with Crippen molar-refractivity contribution in [2.75, 3.05) is 29.9 Å². The number of piperazine rings is 1. The van der Waals surface area contributed by atoms with Crippen molar-refractivity contribution < 1.29 is 4.79 Å². The molecule has 0 aromatic carbocycles. The monoisotopic (exact) mass is 412 g/mol. The molecule has 1 N–H and O–H groups in total. The average Bonchev–Trinajstić information content (AvgIpc) is 3.06. The minimum atomic E-state index is -0.229. The number of rotatable bonds is 2.